The van der Waals surface area contributed by atoms with E-state index >= 15 is 0 Å². The van der Waals surface area contributed by atoms with Crippen LogP contribution in [-0.4, -0.2) is 9.13 Å². The van der Waals surface area contributed by atoms with Crippen LogP contribution in [0.3, 0.4) is 0 Å². The zero-order chi connectivity index (χ0) is 33.8. The number of aromatic nitrogens is 2. The Bertz CT molecular complexity index is 2920. The molecule has 50 heavy (non-hydrogen) atoms. The van der Waals surface area contributed by atoms with Gasteiger partial charge in [-0.2, -0.15) is 15.8 Å². The lowest BCUT2D eigenvalue weighted by molar-refractivity contribution is 1.17. The molecule has 5 heteroatoms. The van der Waals surface area contributed by atoms with Crippen LogP contribution >= 0.6 is 0 Å². The smallest absolute Gasteiger partial charge is 0.101 e. The molecule has 0 saturated heterocycles. The molecular weight excluding hydrogens is 611 g/mol. The third-order valence-corrected chi connectivity index (χ3v) is 9.63. The summed E-state index contributed by atoms with van der Waals surface area (Å²) in [5.41, 5.74) is 10.7. The SMILES string of the molecule is N#Cc1ccc2c(c1)c1ccccc1n2-c1c(C#N)cccc1-c1cccc(C#N)c1-c1cccc(-n2c3ccccc3c3ccccc32)c1. The molecule has 0 N–H and O–H groups in total. The molecule has 0 aliphatic heterocycles. The predicted molar refractivity (Wildman–Crippen MR) is 200 cm³/mol. The van der Waals surface area contributed by atoms with E-state index in [1.165, 1.54) is 10.8 Å². The summed E-state index contributed by atoms with van der Waals surface area (Å²) in [5, 5.41) is 35.1. The normalized spacial score (nSPS) is 11.1. The first-order valence-corrected chi connectivity index (χ1v) is 16.3. The zero-order valence-corrected chi connectivity index (χ0v) is 26.7. The van der Waals surface area contributed by atoms with Crippen molar-refractivity contribution < 1.29 is 0 Å². The highest BCUT2D eigenvalue weighted by atomic mass is 15.0. The van der Waals surface area contributed by atoms with Crippen LogP contribution in [0.2, 0.25) is 0 Å². The van der Waals surface area contributed by atoms with Gasteiger partial charge in [-0.15, -0.1) is 0 Å². The molecule has 0 aliphatic carbocycles. The fourth-order valence-corrected chi connectivity index (χ4v) is 7.56. The summed E-state index contributed by atoms with van der Waals surface area (Å²) >= 11 is 0. The molecule has 0 atom stereocenters. The Hall–Kier alpha value is -7.39. The maximum Gasteiger partial charge on any atom is 0.101 e. The second kappa shape index (κ2) is 11.4. The Labute approximate surface area is 287 Å². The number of nitrogens with zero attached hydrogens (tertiary/aromatic N) is 5. The van der Waals surface area contributed by atoms with E-state index in [2.05, 4.69) is 94.1 Å². The van der Waals surface area contributed by atoms with Crippen LogP contribution in [-0.2, 0) is 0 Å². The third kappa shape index (κ3) is 4.24. The molecule has 0 aliphatic rings. The minimum absolute atomic E-state index is 0.502. The van der Waals surface area contributed by atoms with Crippen LogP contribution in [0.1, 0.15) is 16.7 Å². The quantitative estimate of drug-likeness (QED) is 0.193. The lowest BCUT2D eigenvalue weighted by atomic mass is 9.89. The number of fused-ring (bicyclic) bond motifs is 6. The van der Waals surface area contributed by atoms with E-state index < -0.39 is 0 Å². The maximum absolute atomic E-state index is 10.6. The first-order valence-electron chi connectivity index (χ1n) is 16.3. The summed E-state index contributed by atoms with van der Waals surface area (Å²) in [7, 11) is 0. The van der Waals surface area contributed by atoms with Crippen molar-refractivity contribution in [1.29, 1.82) is 15.8 Å². The monoisotopic (exact) mass is 635 g/mol. The number of hydrogen-bond acceptors (Lipinski definition) is 3. The predicted octanol–water partition coefficient (Wildman–Crippen LogP) is 10.8. The van der Waals surface area contributed by atoms with Gasteiger partial charge in [0.1, 0.15) is 6.07 Å². The molecule has 0 saturated carbocycles. The van der Waals surface area contributed by atoms with Crippen molar-refractivity contribution in [1.82, 2.24) is 9.13 Å². The molecule has 9 aromatic rings. The Balaban J connectivity index is 1.33. The van der Waals surface area contributed by atoms with Gasteiger partial charge in [0.25, 0.3) is 0 Å². The summed E-state index contributed by atoms with van der Waals surface area (Å²) in [6.07, 6.45) is 0. The average molecular weight is 636 g/mol. The molecule has 0 amide bonds. The molecule has 7 aromatic carbocycles. The van der Waals surface area contributed by atoms with E-state index in [4.69, 9.17) is 0 Å². The molecule has 230 valence electrons. The summed E-state index contributed by atoms with van der Waals surface area (Å²) in [6, 6.07) is 57.7. The second-order valence-corrected chi connectivity index (χ2v) is 12.3. The minimum atomic E-state index is 0.502. The molecule has 0 spiro atoms. The molecule has 0 unspecified atom stereocenters. The molecule has 9 rings (SSSR count). The van der Waals surface area contributed by atoms with Gasteiger partial charge >= 0.3 is 0 Å². The van der Waals surface area contributed by atoms with Crippen molar-refractivity contribution in [3.8, 4) is 51.8 Å². The van der Waals surface area contributed by atoms with Crippen molar-refractivity contribution in [2.75, 3.05) is 0 Å². The molecular formula is C45H25N5. The van der Waals surface area contributed by atoms with Crippen LogP contribution in [0, 0.1) is 34.0 Å². The second-order valence-electron chi connectivity index (χ2n) is 12.3. The molecule has 0 radical (unpaired) electrons. The van der Waals surface area contributed by atoms with E-state index in [1.807, 2.05) is 84.9 Å². The molecule has 5 nitrogen and oxygen atoms in total. The molecule has 0 fully saturated rings. The van der Waals surface area contributed by atoms with Crippen molar-refractivity contribution in [2.45, 2.75) is 0 Å². The summed E-state index contributed by atoms with van der Waals surface area (Å²) in [5.74, 6) is 0. The van der Waals surface area contributed by atoms with Gasteiger partial charge in [-0.25, -0.2) is 0 Å². The van der Waals surface area contributed by atoms with Gasteiger partial charge in [0, 0.05) is 38.4 Å². The summed E-state index contributed by atoms with van der Waals surface area (Å²) in [4.78, 5) is 0. The van der Waals surface area contributed by atoms with Gasteiger partial charge in [-0.3, -0.25) is 0 Å². The van der Waals surface area contributed by atoms with E-state index in [1.54, 1.807) is 0 Å². The van der Waals surface area contributed by atoms with Gasteiger partial charge in [0.2, 0.25) is 0 Å². The van der Waals surface area contributed by atoms with Crippen LogP contribution in [0.5, 0.6) is 0 Å². The van der Waals surface area contributed by atoms with Gasteiger partial charge < -0.3 is 9.13 Å². The molecule has 2 aromatic heterocycles. The van der Waals surface area contributed by atoms with Crippen molar-refractivity contribution in [3.05, 3.63) is 168 Å². The van der Waals surface area contributed by atoms with Gasteiger partial charge in [-0.1, -0.05) is 91.0 Å². The van der Waals surface area contributed by atoms with Gasteiger partial charge in [-0.05, 0) is 71.8 Å². The Morgan fingerprint density at radius 3 is 1.62 bits per heavy atom. The van der Waals surface area contributed by atoms with Crippen LogP contribution in [0.4, 0.5) is 0 Å². The zero-order valence-electron chi connectivity index (χ0n) is 26.7. The summed E-state index contributed by atoms with van der Waals surface area (Å²) < 4.78 is 4.40. The Morgan fingerprint density at radius 1 is 0.400 bits per heavy atom. The first-order chi connectivity index (χ1) is 24.7. The number of rotatable bonds is 4. The molecule has 2 heterocycles. The van der Waals surface area contributed by atoms with Crippen molar-refractivity contribution in [2.24, 2.45) is 0 Å². The first kappa shape index (κ1) is 28.8. The summed E-state index contributed by atoms with van der Waals surface area (Å²) in [6.45, 7) is 0. The van der Waals surface area contributed by atoms with Gasteiger partial charge in [0.05, 0.1) is 56.6 Å². The molecule has 0 bridgehead atoms. The Kier molecular flexibility index (Phi) is 6.56. The fourth-order valence-electron chi connectivity index (χ4n) is 7.56. The number of hydrogen-bond donors (Lipinski definition) is 0. The highest BCUT2D eigenvalue weighted by Gasteiger charge is 2.22. The highest BCUT2D eigenvalue weighted by molar-refractivity contribution is 6.11. The topological polar surface area (TPSA) is 81.2 Å². The standard InChI is InChI=1S/C45H25N5/c46-26-29-22-23-43-39(24-29)36-16-3-6-21-42(36)50(43)45-32(28-48)12-9-18-38(45)37-17-8-11-31(27-47)44(37)30-10-7-13-33(25-30)49-40-19-4-1-14-34(40)35-15-2-5-20-41(35)49/h1-25H. The minimum Gasteiger partial charge on any atom is -0.309 e. The van der Waals surface area contributed by atoms with Crippen LogP contribution < -0.4 is 0 Å². The Morgan fingerprint density at radius 2 is 0.960 bits per heavy atom. The van der Waals surface area contributed by atoms with E-state index in [0.717, 1.165) is 66.5 Å². The number of para-hydroxylation sites is 4. The highest BCUT2D eigenvalue weighted by Crippen LogP contribution is 2.43. The largest absolute Gasteiger partial charge is 0.309 e. The van der Waals surface area contributed by atoms with Gasteiger partial charge in [0.15, 0.2) is 0 Å². The lowest BCUT2D eigenvalue weighted by Crippen LogP contribution is -2.02. The lowest BCUT2D eigenvalue weighted by Gasteiger charge is -2.19. The maximum atomic E-state index is 10.6. The number of nitriles is 3. The van der Waals surface area contributed by atoms with E-state index in [9.17, 15) is 15.8 Å². The fraction of sp³-hybridized carbons (Fsp3) is 0. The average Bonchev–Trinajstić information content (AvgIpc) is 3.69. The third-order valence-electron chi connectivity index (χ3n) is 9.63. The number of benzene rings is 7. The van der Waals surface area contributed by atoms with Crippen LogP contribution in [0.15, 0.2) is 152 Å². The van der Waals surface area contributed by atoms with Crippen LogP contribution in [0.25, 0.3) is 77.2 Å². The van der Waals surface area contributed by atoms with E-state index in [-0.39, 0.29) is 0 Å². The van der Waals surface area contributed by atoms with E-state index in [0.29, 0.717) is 16.7 Å². The van der Waals surface area contributed by atoms with Crippen molar-refractivity contribution in [3.63, 3.8) is 0 Å². The van der Waals surface area contributed by atoms with Crippen molar-refractivity contribution >= 4 is 43.6 Å².